The van der Waals surface area contributed by atoms with Crippen molar-refractivity contribution in [1.82, 2.24) is 0 Å². The standard InChI is InChI=1S/C11H13O5P/c1-8-2-4-9(5-3-8)17(16,6-10(12)13)7-11(14)15/h2-5H,6-7H2,1H3,(H,12,13)(H,14,15). The molecule has 0 aromatic heterocycles. The van der Waals surface area contributed by atoms with Gasteiger partial charge in [-0.1, -0.05) is 29.8 Å². The SMILES string of the molecule is Cc1ccc(P(=O)(CC(=O)O)CC(=O)O)cc1. The molecule has 0 amide bonds. The van der Waals surface area contributed by atoms with Gasteiger partial charge in [0.2, 0.25) is 0 Å². The molecule has 92 valence electrons. The lowest BCUT2D eigenvalue weighted by Crippen LogP contribution is -2.19. The molecule has 0 heterocycles. The number of rotatable bonds is 5. The molecule has 0 aliphatic carbocycles. The van der Waals surface area contributed by atoms with Gasteiger partial charge in [-0.3, -0.25) is 9.59 Å². The van der Waals surface area contributed by atoms with Gasteiger partial charge in [0, 0.05) is 5.30 Å². The van der Waals surface area contributed by atoms with Crippen LogP contribution >= 0.6 is 7.14 Å². The van der Waals surface area contributed by atoms with Crippen LogP contribution in [0.25, 0.3) is 0 Å². The molecular formula is C11H13O5P. The highest BCUT2D eigenvalue weighted by molar-refractivity contribution is 7.73. The van der Waals surface area contributed by atoms with Gasteiger partial charge in [0.1, 0.15) is 19.5 Å². The minimum Gasteiger partial charge on any atom is -0.481 e. The van der Waals surface area contributed by atoms with Crippen LogP contribution in [-0.4, -0.2) is 34.5 Å². The van der Waals surface area contributed by atoms with E-state index in [1.54, 1.807) is 12.1 Å². The molecule has 6 heteroatoms. The van der Waals surface area contributed by atoms with Crippen LogP contribution in [0.3, 0.4) is 0 Å². The minimum absolute atomic E-state index is 0.299. The molecule has 1 rings (SSSR count). The van der Waals surface area contributed by atoms with Crippen molar-refractivity contribution in [2.75, 3.05) is 12.3 Å². The third kappa shape index (κ3) is 3.71. The number of hydrogen-bond acceptors (Lipinski definition) is 3. The minimum atomic E-state index is -3.40. The Morgan fingerprint density at radius 3 is 1.82 bits per heavy atom. The molecule has 0 spiro atoms. The molecule has 1 aromatic rings. The van der Waals surface area contributed by atoms with E-state index in [4.69, 9.17) is 10.2 Å². The molecule has 1 aromatic carbocycles. The van der Waals surface area contributed by atoms with Gasteiger partial charge in [0.05, 0.1) is 0 Å². The molecule has 17 heavy (non-hydrogen) atoms. The molecule has 0 aliphatic rings. The van der Waals surface area contributed by atoms with Crippen LogP contribution < -0.4 is 5.30 Å². The summed E-state index contributed by atoms with van der Waals surface area (Å²) in [5.41, 5.74) is 0.936. The third-order valence-electron chi connectivity index (χ3n) is 2.29. The lowest BCUT2D eigenvalue weighted by Gasteiger charge is -2.14. The van der Waals surface area contributed by atoms with Crippen LogP contribution in [-0.2, 0) is 14.2 Å². The first-order valence-electron chi connectivity index (χ1n) is 4.92. The van der Waals surface area contributed by atoms with E-state index >= 15 is 0 Å². The quantitative estimate of drug-likeness (QED) is 0.771. The van der Waals surface area contributed by atoms with Gasteiger partial charge in [-0.2, -0.15) is 0 Å². The van der Waals surface area contributed by atoms with Crippen LogP contribution in [0.2, 0.25) is 0 Å². The van der Waals surface area contributed by atoms with E-state index < -0.39 is 31.4 Å². The van der Waals surface area contributed by atoms with Crippen LogP contribution in [0.15, 0.2) is 24.3 Å². The average molecular weight is 256 g/mol. The summed E-state index contributed by atoms with van der Waals surface area (Å²) in [5, 5.41) is 17.7. The number of carboxylic acid groups (broad SMARTS) is 2. The largest absolute Gasteiger partial charge is 0.481 e. The van der Waals surface area contributed by atoms with Crippen molar-refractivity contribution in [2.24, 2.45) is 0 Å². The molecule has 0 saturated carbocycles. The zero-order valence-electron chi connectivity index (χ0n) is 9.29. The van der Waals surface area contributed by atoms with Crippen LogP contribution in [0.1, 0.15) is 5.56 Å². The summed E-state index contributed by atoms with van der Waals surface area (Å²) in [7, 11) is -3.40. The summed E-state index contributed by atoms with van der Waals surface area (Å²) in [6.07, 6.45) is -1.27. The van der Waals surface area contributed by atoms with E-state index in [9.17, 15) is 14.2 Å². The molecule has 0 bridgehead atoms. The number of hydrogen-bond donors (Lipinski definition) is 2. The second-order valence-electron chi connectivity index (χ2n) is 3.83. The third-order valence-corrected chi connectivity index (χ3v) is 5.09. The van der Waals surface area contributed by atoms with Gasteiger partial charge in [-0.15, -0.1) is 0 Å². The van der Waals surface area contributed by atoms with Crippen molar-refractivity contribution < 1.29 is 24.4 Å². The Morgan fingerprint density at radius 2 is 1.47 bits per heavy atom. The van der Waals surface area contributed by atoms with Crippen LogP contribution in [0.5, 0.6) is 0 Å². The topological polar surface area (TPSA) is 91.7 Å². The fourth-order valence-corrected chi connectivity index (χ4v) is 3.54. The zero-order chi connectivity index (χ0) is 13.1. The van der Waals surface area contributed by atoms with E-state index in [2.05, 4.69) is 0 Å². The predicted octanol–water partition coefficient (Wildman–Crippen LogP) is 1.15. The van der Waals surface area contributed by atoms with E-state index in [1.165, 1.54) is 12.1 Å². The van der Waals surface area contributed by atoms with E-state index in [0.29, 0.717) is 5.30 Å². The van der Waals surface area contributed by atoms with Gasteiger partial charge < -0.3 is 14.8 Å². The van der Waals surface area contributed by atoms with Gasteiger partial charge in [-0.25, -0.2) is 0 Å². The van der Waals surface area contributed by atoms with E-state index in [1.807, 2.05) is 6.92 Å². The normalized spacial score (nSPS) is 11.1. The Bertz CT molecular complexity index is 457. The lowest BCUT2D eigenvalue weighted by atomic mass is 10.2. The molecule has 5 nitrogen and oxygen atoms in total. The van der Waals surface area contributed by atoms with Gasteiger partial charge in [0.15, 0.2) is 0 Å². The number of aryl methyl sites for hydroxylation is 1. The van der Waals surface area contributed by atoms with Crippen molar-refractivity contribution in [1.29, 1.82) is 0 Å². The lowest BCUT2D eigenvalue weighted by molar-refractivity contribution is -0.134. The fourth-order valence-electron chi connectivity index (χ4n) is 1.49. The fraction of sp³-hybridized carbons (Fsp3) is 0.273. The second kappa shape index (κ2) is 5.15. The summed E-state index contributed by atoms with van der Waals surface area (Å²) in [5.74, 6) is -2.51. The first kappa shape index (κ1) is 13.5. The second-order valence-corrected chi connectivity index (χ2v) is 6.76. The van der Waals surface area contributed by atoms with Crippen molar-refractivity contribution in [3.63, 3.8) is 0 Å². The summed E-state index contributed by atoms with van der Waals surface area (Å²) >= 11 is 0. The predicted molar refractivity (Wildman–Crippen MR) is 63.4 cm³/mol. The number of benzene rings is 1. The van der Waals surface area contributed by atoms with E-state index in [0.717, 1.165) is 5.56 Å². The molecule has 0 fully saturated rings. The average Bonchev–Trinajstić information content (AvgIpc) is 2.15. The maximum atomic E-state index is 12.4. The Hall–Kier alpha value is -1.61. The molecule has 0 unspecified atom stereocenters. The van der Waals surface area contributed by atoms with Crippen LogP contribution in [0.4, 0.5) is 0 Å². The highest BCUT2D eigenvalue weighted by Crippen LogP contribution is 2.43. The van der Waals surface area contributed by atoms with E-state index in [-0.39, 0.29) is 0 Å². The number of carboxylic acids is 2. The first-order valence-corrected chi connectivity index (χ1v) is 7.00. The molecule has 0 saturated heterocycles. The van der Waals surface area contributed by atoms with Crippen LogP contribution in [0, 0.1) is 6.92 Å². The molecule has 0 atom stereocenters. The van der Waals surface area contributed by atoms with Crippen molar-refractivity contribution in [3.05, 3.63) is 29.8 Å². The monoisotopic (exact) mass is 256 g/mol. The van der Waals surface area contributed by atoms with Gasteiger partial charge in [-0.05, 0) is 6.92 Å². The molecule has 0 aliphatic heterocycles. The Labute approximate surface area is 98.5 Å². The maximum Gasteiger partial charge on any atom is 0.311 e. The number of aliphatic carboxylic acids is 2. The number of carbonyl (C=O) groups is 2. The van der Waals surface area contributed by atoms with Gasteiger partial charge in [0.25, 0.3) is 0 Å². The maximum absolute atomic E-state index is 12.4. The Kier molecular flexibility index (Phi) is 4.07. The summed E-state index contributed by atoms with van der Waals surface area (Å²) < 4.78 is 12.4. The molecule has 0 radical (unpaired) electrons. The summed E-state index contributed by atoms with van der Waals surface area (Å²) in [6.45, 7) is 1.84. The summed E-state index contributed by atoms with van der Waals surface area (Å²) in [4.78, 5) is 21.3. The smallest absolute Gasteiger partial charge is 0.311 e. The zero-order valence-corrected chi connectivity index (χ0v) is 10.2. The Balaban J connectivity index is 3.13. The highest BCUT2D eigenvalue weighted by Gasteiger charge is 2.30. The van der Waals surface area contributed by atoms with Crippen molar-refractivity contribution >= 4 is 24.4 Å². The highest BCUT2D eigenvalue weighted by atomic mass is 31.2. The van der Waals surface area contributed by atoms with Crippen molar-refractivity contribution in [3.8, 4) is 0 Å². The molecule has 2 N–H and O–H groups in total. The first-order chi connectivity index (χ1) is 7.83. The van der Waals surface area contributed by atoms with Crippen molar-refractivity contribution in [2.45, 2.75) is 6.92 Å². The summed E-state index contributed by atoms with van der Waals surface area (Å²) in [6, 6.07) is 6.43. The Morgan fingerprint density at radius 1 is 1.06 bits per heavy atom. The van der Waals surface area contributed by atoms with Gasteiger partial charge >= 0.3 is 11.9 Å². The molecular weight excluding hydrogens is 243 g/mol.